The molecule has 1 aromatic rings. The Hall–Kier alpha value is -2.14. The summed E-state index contributed by atoms with van der Waals surface area (Å²) < 4.78 is 9.93. The zero-order valence-electron chi connectivity index (χ0n) is 12.2. The van der Waals surface area contributed by atoms with E-state index in [1.807, 2.05) is 31.2 Å². The van der Waals surface area contributed by atoms with Gasteiger partial charge >= 0.3 is 5.97 Å². The molecule has 1 heterocycles. The Morgan fingerprint density at radius 1 is 1.33 bits per heavy atom. The van der Waals surface area contributed by atoms with Crippen LogP contribution in [0.25, 0.3) is 6.08 Å². The lowest BCUT2D eigenvalue weighted by Crippen LogP contribution is -2.48. The van der Waals surface area contributed by atoms with Gasteiger partial charge in [0.2, 0.25) is 5.91 Å². The second kappa shape index (κ2) is 7.04. The number of benzene rings is 1. The average molecular weight is 289 g/mol. The molecule has 1 saturated heterocycles. The van der Waals surface area contributed by atoms with Crippen molar-refractivity contribution in [3.05, 3.63) is 41.5 Å². The first-order valence-corrected chi connectivity index (χ1v) is 6.83. The Morgan fingerprint density at radius 3 is 2.71 bits per heavy atom. The van der Waals surface area contributed by atoms with E-state index in [0.29, 0.717) is 13.2 Å². The molecule has 1 atom stereocenters. The minimum atomic E-state index is -0.694. The van der Waals surface area contributed by atoms with Gasteiger partial charge in [-0.1, -0.05) is 29.8 Å². The molecule has 112 valence electrons. The normalized spacial score (nSPS) is 18.8. The van der Waals surface area contributed by atoms with E-state index in [1.54, 1.807) is 11.0 Å². The van der Waals surface area contributed by atoms with Gasteiger partial charge in [-0.15, -0.1) is 0 Å². The molecular formula is C16H19NO4. The molecule has 1 aliphatic rings. The van der Waals surface area contributed by atoms with Gasteiger partial charge in [0.05, 0.1) is 20.3 Å². The topological polar surface area (TPSA) is 55.8 Å². The number of hydrogen-bond acceptors (Lipinski definition) is 4. The Bertz CT molecular complexity index is 536. The van der Waals surface area contributed by atoms with Crippen molar-refractivity contribution in [3.63, 3.8) is 0 Å². The predicted molar refractivity (Wildman–Crippen MR) is 78.5 cm³/mol. The number of esters is 1. The fourth-order valence-corrected chi connectivity index (χ4v) is 2.07. The van der Waals surface area contributed by atoms with Crippen molar-refractivity contribution in [1.29, 1.82) is 0 Å². The lowest BCUT2D eigenvalue weighted by molar-refractivity contribution is -0.161. The Balaban J connectivity index is 1.96. The van der Waals surface area contributed by atoms with Gasteiger partial charge in [0.15, 0.2) is 6.10 Å². The van der Waals surface area contributed by atoms with Crippen molar-refractivity contribution in [1.82, 2.24) is 4.90 Å². The third kappa shape index (κ3) is 4.16. The van der Waals surface area contributed by atoms with Gasteiger partial charge < -0.3 is 14.4 Å². The standard InChI is InChI=1S/C16H19NO4/c1-12-3-5-13(6-4-12)7-8-15(18)17-9-10-21-14(11-17)16(19)20-2/h3-8,14H,9-11H2,1-2H3/b8-7+. The van der Waals surface area contributed by atoms with Crippen molar-refractivity contribution in [3.8, 4) is 0 Å². The van der Waals surface area contributed by atoms with Crippen LogP contribution >= 0.6 is 0 Å². The molecule has 21 heavy (non-hydrogen) atoms. The van der Waals surface area contributed by atoms with E-state index >= 15 is 0 Å². The lowest BCUT2D eigenvalue weighted by atomic mass is 10.1. The molecule has 0 bridgehead atoms. The molecular weight excluding hydrogens is 270 g/mol. The number of hydrogen-bond donors (Lipinski definition) is 0. The number of morpholine rings is 1. The zero-order valence-corrected chi connectivity index (χ0v) is 12.2. The van der Waals surface area contributed by atoms with Gasteiger partial charge in [0.25, 0.3) is 0 Å². The number of ether oxygens (including phenoxy) is 2. The molecule has 2 rings (SSSR count). The Morgan fingerprint density at radius 2 is 2.05 bits per heavy atom. The van der Waals surface area contributed by atoms with Gasteiger partial charge in [-0.3, -0.25) is 4.79 Å². The van der Waals surface area contributed by atoms with E-state index in [1.165, 1.54) is 18.7 Å². The number of methoxy groups -OCH3 is 1. The second-order valence-corrected chi connectivity index (χ2v) is 4.91. The maximum Gasteiger partial charge on any atom is 0.336 e. The van der Waals surface area contributed by atoms with Crippen LogP contribution in [-0.2, 0) is 19.1 Å². The number of aryl methyl sites for hydroxylation is 1. The summed E-state index contributed by atoms with van der Waals surface area (Å²) in [7, 11) is 1.31. The molecule has 1 fully saturated rings. The van der Waals surface area contributed by atoms with Gasteiger partial charge in [0, 0.05) is 12.6 Å². The van der Waals surface area contributed by atoms with Crippen LogP contribution in [0.15, 0.2) is 30.3 Å². The summed E-state index contributed by atoms with van der Waals surface area (Å²) >= 11 is 0. The van der Waals surface area contributed by atoms with Crippen LogP contribution in [0.2, 0.25) is 0 Å². The van der Waals surface area contributed by atoms with E-state index in [9.17, 15) is 9.59 Å². The first kappa shape index (κ1) is 15.3. The molecule has 5 nitrogen and oxygen atoms in total. The van der Waals surface area contributed by atoms with Crippen LogP contribution in [0.3, 0.4) is 0 Å². The van der Waals surface area contributed by atoms with Crippen LogP contribution < -0.4 is 0 Å². The fourth-order valence-electron chi connectivity index (χ4n) is 2.07. The number of carbonyl (C=O) groups is 2. The third-order valence-corrected chi connectivity index (χ3v) is 3.34. The summed E-state index contributed by atoms with van der Waals surface area (Å²) in [6.07, 6.45) is 2.59. The predicted octanol–water partition coefficient (Wildman–Crippen LogP) is 1.41. The SMILES string of the molecule is COC(=O)C1CN(C(=O)/C=C/c2ccc(C)cc2)CCO1. The summed E-state index contributed by atoms with van der Waals surface area (Å²) in [5, 5.41) is 0. The molecule has 0 aromatic heterocycles. The van der Waals surface area contributed by atoms with E-state index in [4.69, 9.17) is 4.74 Å². The average Bonchev–Trinajstić information content (AvgIpc) is 2.53. The molecule has 0 radical (unpaired) electrons. The number of amides is 1. The summed E-state index contributed by atoms with van der Waals surface area (Å²) in [6.45, 7) is 3.05. The maximum absolute atomic E-state index is 12.1. The van der Waals surface area contributed by atoms with E-state index in [0.717, 1.165) is 5.56 Å². The maximum atomic E-state index is 12.1. The van der Waals surface area contributed by atoms with Crippen molar-refractivity contribution in [2.75, 3.05) is 26.8 Å². The van der Waals surface area contributed by atoms with Crippen LogP contribution in [0, 0.1) is 6.92 Å². The highest BCUT2D eigenvalue weighted by atomic mass is 16.6. The van der Waals surface area contributed by atoms with Crippen molar-refractivity contribution in [2.45, 2.75) is 13.0 Å². The minimum absolute atomic E-state index is 0.132. The summed E-state index contributed by atoms with van der Waals surface area (Å²) in [4.78, 5) is 25.2. The molecule has 5 heteroatoms. The Kier molecular flexibility index (Phi) is 5.11. The molecule has 1 amide bonds. The largest absolute Gasteiger partial charge is 0.467 e. The smallest absolute Gasteiger partial charge is 0.336 e. The van der Waals surface area contributed by atoms with Crippen LogP contribution in [0.5, 0.6) is 0 Å². The number of rotatable bonds is 3. The zero-order chi connectivity index (χ0) is 15.2. The van der Waals surface area contributed by atoms with Crippen molar-refractivity contribution >= 4 is 18.0 Å². The fraction of sp³-hybridized carbons (Fsp3) is 0.375. The molecule has 0 aliphatic carbocycles. The molecule has 0 saturated carbocycles. The first-order chi connectivity index (χ1) is 10.1. The first-order valence-electron chi connectivity index (χ1n) is 6.83. The van der Waals surface area contributed by atoms with Crippen LogP contribution in [-0.4, -0.2) is 49.7 Å². The van der Waals surface area contributed by atoms with Crippen molar-refractivity contribution < 1.29 is 19.1 Å². The molecule has 1 unspecified atom stereocenters. The minimum Gasteiger partial charge on any atom is -0.467 e. The lowest BCUT2D eigenvalue weighted by Gasteiger charge is -2.30. The van der Waals surface area contributed by atoms with E-state index in [2.05, 4.69) is 4.74 Å². The second-order valence-electron chi connectivity index (χ2n) is 4.91. The highest BCUT2D eigenvalue weighted by molar-refractivity contribution is 5.92. The molecule has 0 N–H and O–H groups in total. The highest BCUT2D eigenvalue weighted by Crippen LogP contribution is 2.09. The number of carbonyl (C=O) groups excluding carboxylic acids is 2. The van der Waals surface area contributed by atoms with E-state index in [-0.39, 0.29) is 12.5 Å². The molecule has 1 aromatic carbocycles. The number of nitrogens with zero attached hydrogens (tertiary/aromatic N) is 1. The van der Waals surface area contributed by atoms with Crippen LogP contribution in [0.1, 0.15) is 11.1 Å². The van der Waals surface area contributed by atoms with Crippen molar-refractivity contribution in [2.24, 2.45) is 0 Å². The van der Waals surface area contributed by atoms with Gasteiger partial charge in [-0.2, -0.15) is 0 Å². The molecule has 0 spiro atoms. The quantitative estimate of drug-likeness (QED) is 0.623. The van der Waals surface area contributed by atoms with E-state index < -0.39 is 12.1 Å². The Labute approximate surface area is 124 Å². The van der Waals surface area contributed by atoms with Gasteiger partial charge in [-0.25, -0.2) is 4.79 Å². The molecule has 1 aliphatic heterocycles. The highest BCUT2D eigenvalue weighted by Gasteiger charge is 2.28. The van der Waals surface area contributed by atoms with Gasteiger partial charge in [-0.05, 0) is 18.6 Å². The summed E-state index contributed by atoms with van der Waals surface area (Å²) in [5.41, 5.74) is 2.14. The summed E-state index contributed by atoms with van der Waals surface area (Å²) in [5.74, 6) is -0.581. The third-order valence-electron chi connectivity index (χ3n) is 3.34. The van der Waals surface area contributed by atoms with Crippen LogP contribution in [0.4, 0.5) is 0 Å². The monoisotopic (exact) mass is 289 g/mol. The van der Waals surface area contributed by atoms with Gasteiger partial charge in [0.1, 0.15) is 0 Å². The summed E-state index contributed by atoms with van der Waals surface area (Å²) in [6, 6.07) is 7.89.